The summed E-state index contributed by atoms with van der Waals surface area (Å²) in [7, 11) is -3.45. The number of nitrogens with one attached hydrogen (secondary N) is 1. The zero-order valence-corrected chi connectivity index (χ0v) is 10.9. The van der Waals surface area contributed by atoms with Crippen molar-refractivity contribution in [1.82, 2.24) is 14.5 Å². The molecule has 1 aliphatic heterocycles. The summed E-state index contributed by atoms with van der Waals surface area (Å²) in [5.41, 5.74) is 6.92. The number of aryl methyl sites for hydroxylation is 2. The van der Waals surface area contributed by atoms with E-state index in [9.17, 15) is 8.42 Å². The number of piperidine rings is 1. The van der Waals surface area contributed by atoms with Gasteiger partial charge >= 0.3 is 0 Å². The maximum absolute atomic E-state index is 12.4. The summed E-state index contributed by atoms with van der Waals surface area (Å²) in [6.45, 7) is 4.35. The first kappa shape index (κ1) is 12.5. The standard InChI is InChI=1S/C10H18N4O2S/c1-7-10(8(2)13-12-7)17(15,16)14-5-3-4-9(11)6-14/h9H,3-6,11H2,1-2H3,(H,12,13)/t9-/m0/s1. The average Bonchev–Trinajstić information content (AvgIpc) is 2.59. The maximum atomic E-state index is 12.4. The van der Waals surface area contributed by atoms with Gasteiger partial charge < -0.3 is 5.73 Å². The summed E-state index contributed by atoms with van der Waals surface area (Å²) < 4.78 is 26.4. The molecule has 1 aromatic heterocycles. The Bertz CT molecular complexity index is 489. The molecule has 96 valence electrons. The number of nitrogens with two attached hydrogens (primary N) is 1. The lowest BCUT2D eigenvalue weighted by Crippen LogP contribution is -2.45. The summed E-state index contributed by atoms with van der Waals surface area (Å²) >= 11 is 0. The normalized spacial score (nSPS) is 22.9. The van der Waals surface area contributed by atoms with Crippen molar-refractivity contribution in [3.8, 4) is 0 Å². The van der Waals surface area contributed by atoms with Gasteiger partial charge in [-0.1, -0.05) is 0 Å². The van der Waals surface area contributed by atoms with Crippen LogP contribution in [0.2, 0.25) is 0 Å². The molecular weight excluding hydrogens is 240 g/mol. The van der Waals surface area contributed by atoms with Crippen LogP contribution < -0.4 is 5.73 Å². The van der Waals surface area contributed by atoms with Crippen LogP contribution in [0.1, 0.15) is 24.2 Å². The minimum absolute atomic E-state index is 0.0639. The molecule has 0 saturated carbocycles. The van der Waals surface area contributed by atoms with Crippen LogP contribution in [0.5, 0.6) is 0 Å². The van der Waals surface area contributed by atoms with Crippen molar-refractivity contribution in [2.24, 2.45) is 5.73 Å². The first-order valence-electron chi connectivity index (χ1n) is 5.70. The first-order chi connectivity index (χ1) is 7.93. The molecule has 0 radical (unpaired) electrons. The molecule has 0 spiro atoms. The second-order valence-corrected chi connectivity index (χ2v) is 6.40. The Labute approximate surface area is 101 Å². The second kappa shape index (κ2) is 4.40. The minimum Gasteiger partial charge on any atom is -0.327 e. The minimum atomic E-state index is -3.45. The van der Waals surface area contributed by atoms with Crippen LogP contribution in [0.4, 0.5) is 0 Å². The molecule has 0 unspecified atom stereocenters. The Morgan fingerprint density at radius 2 is 2.18 bits per heavy atom. The van der Waals surface area contributed by atoms with Gasteiger partial charge in [-0.05, 0) is 26.7 Å². The number of aromatic nitrogens is 2. The van der Waals surface area contributed by atoms with E-state index in [1.54, 1.807) is 13.8 Å². The maximum Gasteiger partial charge on any atom is 0.246 e. The lowest BCUT2D eigenvalue weighted by Gasteiger charge is -2.29. The third-order valence-electron chi connectivity index (χ3n) is 3.08. The Hall–Kier alpha value is -0.920. The summed E-state index contributed by atoms with van der Waals surface area (Å²) in [5.74, 6) is 0. The van der Waals surface area contributed by atoms with Crippen molar-refractivity contribution in [1.29, 1.82) is 0 Å². The van der Waals surface area contributed by atoms with E-state index < -0.39 is 10.0 Å². The summed E-state index contributed by atoms with van der Waals surface area (Å²) in [6, 6.07) is -0.0639. The predicted octanol–water partition coefficient (Wildman–Crippen LogP) is 0.138. The molecule has 1 fully saturated rings. The third kappa shape index (κ3) is 2.22. The number of hydrogen-bond donors (Lipinski definition) is 2. The SMILES string of the molecule is Cc1n[nH]c(C)c1S(=O)(=O)N1CCC[C@H](N)C1. The summed E-state index contributed by atoms with van der Waals surface area (Å²) in [4.78, 5) is 0.298. The van der Waals surface area contributed by atoms with Gasteiger partial charge in [-0.25, -0.2) is 8.42 Å². The first-order valence-corrected chi connectivity index (χ1v) is 7.14. The van der Waals surface area contributed by atoms with Gasteiger partial charge in [0.25, 0.3) is 0 Å². The van der Waals surface area contributed by atoms with E-state index in [1.165, 1.54) is 4.31 Å². The Morgan fingerprint density at radius 3 is 2.71 bits per heavy atom. The topological polar surface area (TPSA) is 92.1 Å². The Balaban J connectivity index is 2.36. The van der Waals surface area contributed by atoms with Crippen molar-refractivity contribution in [2.75, 3.05) is 13.1 Å². The molecule has 1 saturated heterocycles. The van der Waals surface area contributed by atoms with Crippen LogP contribution in [0.3, 0.4) is 0 Å². The molecule has 7 heteroatoms. The zero-order valence-electron chi connectivity index (χ0n) is 10.1. The van der Waals surface area contributed by atoms with Crippen LogP contribution in [0.25, 0.3) is 0 Å². The van der Waals surface area contributed by atoms with E-state index in [2.05, 4.69) is 10.2 Å². The van der Waals surface area contributed by atoms with Gasteiger partial charge in [0.05, 0.1) is 11.4 Å². The largest absolute Gasteiger partial charge is 0.327 e. The molecule has 1 atom stereocenters. The highest BCUT2D eigenvalue weighted by atomic mass is 32.2. The monoisotopic (exact) mass is 258 g/mol. The number of H-pyrrole nitrogens is 1. The molecule has 2 rings (SSSR count). The molecule has 1 aliphatic rings. The molecular formula is C10H18N4O2S. The van der Waals surface area contributed by atoms with Gasteiger partial charge in [0, 0.05) is 19.1 Å². The Kier molecular flexibility index (Phi) is 3.24. The van der Waals surface area contributed by atoms with Crippen LogP contribution in [-0.4, -0.2) is 42.1 Å². The van der Waals surface area contributed by atoms with Crippen molar-refractivity contribution in [2.45, 2.75) is 37.6 Å². The molecule has 0 bridgehead atoms. The molecule has 0 aromatic carbocycles. The molecule has 17 heavy (non-hydrogen) atoms. The fourth-order valence-corrected chi connectivity index (χ4v) is 4.11. The lowest BCUT2D eigenvalue weighted by atomic mass is 10.1. The molecule has 3 N–H and O–H groups in total. The Morgan fingerprint density at radius 1 is 1.47 bits per heavy atom. The van der Waals surface area contributed by atoms with Crippen molar-refractivity contribution in [3.05, 3.63) is 11.4 Å². The fourth-order valence-electron chi connectivity index (χ4n) is 2.24. The average molecular weight is 258 g/mol. The number of hydrogen-bond acceptors (Lipinski definition) is 4. The van der Waals surface area contributed by atoms with Gasteiger partial charge in [0.2, 0.25) is 10.0 Å². The van der Waals surface area contributed by atoms with E-state index in [0.717, 1.165) is 12.8 Å². The van der Waals surface area contributed by atoms with Crippen LogP contribution >= 0.6 is 0 Å². The van der Waals surface area contributed by atoms with Crippen molar-refractivity contribution >= 4 is 10.0 Å². The van der Waals surface area contributed by atoms with E-state index in [4.69, 9.17) is 5.73 Å². The predicted molar refractivity (Wildman–Crippen MR) is 64.0 cm³/mol. The third-order valence-corrected chi connectivity index (χ3v) is 5.21. The number of aromatic amines is 1. The highest BCUT2D eigenvalue weighted by molar-refractivity contribution is 7.89. The van der Waals surface area contributed by atoms with Crippen LogP contribution in [0, 0.1) is 13.8 Å². The van der Waals surface area contributed by atoms with Gasteiger partial charge in [0.1, 0.15) is 4.90 Å². The van der Waals surface area contributed by atoms with Crippen LogP contribution in [0.15, 0.2) is 4.90 Å². The van der Waals surface area contributed by atoms with E-state index >= 15 is 0 Å². The van der Waals surface area contributed by atoms with E-state index in [0.29, 0.717) is 29.4 Å². The van der Waals surface area contributed by atoms with E-state index in [1.807, 2.05) is 0 Å². The highest BCUT2D eigenvalue weighted by Gasteiger charge is 2.32. The number of sulfonamides is 1. The molecule has 2 heterocycles. The van der Waals surface area contributed by atoms with Crippen molar-refractivity contribution < 1.29 is 8.42 Å². The fraction of sp³-hybridized carbons (Fsp3) is 0.700. The second-order valence-electron chi connectivity index (χ2n) is 4.53. The van der Waals surface area contributed by atoms with Crippen molar-refractivity contribution in [3.63, 3.8) is 0 Å². The van der Waals surface area contributed by atoms with Gasteiger partial charge in [-0.3, -0.25) is 5.10 Å². The van der Waals surface area contributed by atoms with Crippen LogP contribution in [-0.2, 0) is 10.0 Å². The number of rotatable bonds is 2. The molecule has 0 amide bonds. The lowest BCUT2D eigenvalue weighted by molar-refractivity contribution is 0.316. The summed E-state index contributed by atoms with van der Waals surface area (Å²) in [6.07, 6.45) is 1.70. The molecule has 0 aliphatic carbocycles. The smallest absolute Gasteiger partial charge is 0.246 e. The molecule has 1 aromatic rings. The van der Waals surface area contributed by atoms with Gasteiger partial charge in [-0.15, -0.1) is 0 Å². The van der Waals surface area contributed by atoms with Gasteiger partial charge in [0.15, 0.2) is 0 Å². The zero-order chi connectivity index (χ0) is 12.6. The quantitative estimate of drug-likeness (QED) is 0.789. The van der Waals surface area contributed by atoms with Gasteiger partial charge in [-0.2, -0.15) is 9.40 Å². The molecule has 6 nitrogen and oxygen atoms in total. The summed E-state index contributed by atoms with van der Waals surface area (Å²) in [5, 5.41) is 6.64. The van der Waals surface area contributed by atoms with E-state index in [-0.39, 0.29) is 6.04 Å². The highest BCUT2D eigenvalue weighted by Crippen LogP contribution is 2.24. The number of nitrogens with zero attached hydrogens (tertiary/aromatic N) is 2.